The van der Waals surface area contributed by atoms with Crippen LogP contribution in [0.25, 0.3) is 0 Å². The van der Waals surface area contributed by atoms with E-state index in [1.807, 2.05) is 0 Å². The van der Waals surface area contributed by atoms with Gasteiger partial charge in [0.25, 0.3) is 0 Å². The van der Waals surface area contributed by atoms with Crippen LogP contribution in [0.5, 0.6) is 0 Å². The van der Waals surface area contributed by atoms with Gasteiger partial charge in [-0.25, -0.2) is 4.90 Å². The number of carbonyl (C=O) groups excluding carboxylic acids is 3. The van der Waals surface area contributed by atoms with E-state index >= 15 is 0 Å². The van der Waals surface area contributed by atoms with E-state index in [0.29, 0.717) is 5.56 Å². The third kappa shape index (κ3) is 2.10. The van der Waals surface area contributed by atoms with Crippen LogP contribution in [-0.2, 0) is 19.1 Å². The summed E-state index contributed by atoms with van der Waals surface area (Å²) >= 11 is 26.6. The number of halogens is 4. The van der Waals surface area contributed by atoms with E-state index in [2.05, 4.69) is 0 Å². The lowest BCUT2D eigenvalue weighted by Gasteiger charge is -2.42. The maximum Gasteiger partial charge on any atom is 0.240 e. The van der Waals surface area contributed by atoms with Gasteiger partial charge >= 0.3 is 0 Å². The molecule has 2 fully saturated rings. The summed E-state index contributed by atoms with van der Waals surface area (Å²) in [4.78, 5) is 35.9. The minimum atomic E-state index is -1.83. The Balaban J connectivity index is 1.91. The van der Waals surface area contributed by atoms with Crippen LogP contribution < -0.4 is 4.90 Å². The van der Waals surface area contributed by atoms with Gasteiger partial charge in [-0.15, -0.1) is 23.2 Å². The largest absolute Gasteiger partial charge is 0.350 e. The number of fused-ring (bicyclic) bond motifs is 5. The van der Waals surface area contributed by atoms with Crippen molar-refractivity contribution in [1.82, 2.24) is 0 Å². The molecule has 1 aromatic rings. The number of carbonyl (C=O) groups is 3. The molecule has 0 N–H and O–H groups in total. The topological polar surface area (TPSA) is 72.9 Å². The monoisotopic (exact) mass is 477 g/mol. The average molecular weight is 479 g/mol. The van der Waals surface area contributed by atoms with Gasteiger partial charge in [0.15, 0.2) is 5.78 Å². The highest BCUT2D eigenvalue weighted by Crippen LogP contribution is 2.75. The van der Waals surface area contributed by atoms with Gasteiger partial charge in [0.1, 0.15) is 9.75 Å². The van der Waals surface area contributed by atoms with Crippen LogP contribution in [-0.4, -0.2) is 47.4 Å². The number of anilines is 1. The molecule has 2 bridgehead atoms. The molecule has 4 rings (SSSR count). The number of ether oxygens (including phenoxy) is 2. The molecule has 1 aromatic carbocycles. The van der Waals surface area contributed by atoms with E-state index < -0.39 is 39.2 Å². The second kappa shape index (κ2) is 6.42. The van der Waals surface area contributed by atoms with E-state index in [-0.39, 0.29) is 21.5 Å². The van der Waals surface area contributed by atoms with E-state index in [4.69, 9.17) is 55.9 Å². The van der Waals surface area contributed by atoms with Gasteiger partial charge in [0, 0.05) is 19.8 Å². The van der Waals surface area contributed by atoms with E-state index in [1.54, 1.807) is 18.2 Å². The predicted octanol–water partition coefficient (Wildman–Crippen LogP) is 3.66. The van der Waals surface area contributed by atoms with Gasteiger partial charge in [0.05, 0.1) is 27.6 Å². The first-order chi connectivity index (χ1) is 13.5. The minimum Gasteiger partial charge on any atom is -0.350 e. The summed E-state index contributed by atoms with van der Waals surface area (Å²) < 4.78 is 11.1. The number of hydrogen-bond acceptors (Lipinski definition) is 5. The number of imide groups is 1. The number of hydrogen-bond donors (Lipinski definition) is 0. The quantitative estimate of drug-likeness (QED) is 0.286. The van der Waals surface area contributed by atoms with Crippen molar-refractivity contribution in [3.05, 3.63) is 39.9 Å². The molecule has 2 amide bonds. The van der Waals surface area contributed by atoms with Gasteiger partial charge < -0.3 is 9.47 Å². The van der Waals surface area contributed by atoms with Gasteiger partial charge in [0.2, 0.25) is 17.6 Å². The van der Waals surface area contributed by atoms with Crippen molar-refractivity contribution in [3.63, 3.8) is 0 Å². The summed E-state index contributed by atoms with van der Waals surface area (Å²) in [6, 6.07) is 6.17. The fourth-order valence-corrected chi connectivity index (χ4v) is 6.98. The molecule has 0 radical (unpaired) electrons. The number of nitrogens with zero attached hydrogens (tertiary/aromatic N) is 1. The summed E-state index contributed by atoms with van der Waals surface area (Å²) in [6.07, 6.45) is 0. The fraction of sp³-hybridized carbons (Fsp3) is 0.421. The second-order valence-corrected chi connectivity index (χ2v) is 9.10. The van der Waals surface area contributed by atoms with Crippen molar-refractivity contribution in [2.45, 2.75) is 22.5 Å². The highest BCUT2D eigenvalue weighted by atomic mass is 35.5. The summed E-state index contributed by atoms with van der Waals surface area (Å²) in [5.41, 5.74) is 0.580. The number of benzene rings is 1. The van der Waals surface area contributed by atoms with Crippen LogP contribution >= 0.6 is 46.4 Å². The third-order valence-corrected chi connectivity index (χ3v) is 8.65. The molecule has 0 unspecified atom stereocenters. The Bertz CT molecular complexity index is 960. The highest BCUT2D eigenvalue weighted by Gasteiger charge is 2.89. The number of amides is 2. The Morgan fingerprint density at radius 3 is 1.90 bits per heavy atom. The van der Waals surface area contributed by atoms with E-state index in [9.17, 15) is 14.4 Å². The zero-order valence-electron chi connectivity index (χ0n) is 15.5. The van der Waals surface area contributed by atoms with E-state index in [1.165, 1.54) is 27.2 Å². The molecule has 0 aromatic heterocycles. The maximum atomic E-state index is 13.4. The minimum absolute atomic E-state index is 0.0960. The molecule has 4 atom stereocenters. The Kier molecular flexibility index (Phi) is 4.67. The molecule has 1 aliphatic heterocycles. The number of ketones is 1. The maximum absolute atomic E-state index is 13.4. The first-order valence-electron chi connectivity index (χ1n) is 8.57. The average Bonchev–Trinajstić information content (AvgIpc) is 3.12. The molecule has 6 nitrogen and oxygen atoms in total. The summed E-state index contributed by atoms with van der Waals surface area (Å²) in [7, 11) is 2.59. The number of methoxy groups -OCH3 is 2. The van der Waals surface area contributed by atoms with Crippen molar-refractivity contribution in [2.24, 2.45) is 11.8 Å². The molecule has 3 aliphatic rings. The molecule has 1 heterocycles. The number of rotatable bonds is 4. The van der Waals surface area contributed by atoms with Crippen LogP contribution in [0.1, 0.15) is 17.3 Å². The van der Waals surface area contributed by atoms with Gasteiger partial charge in [-0.3, -0.25) is 14.4 Å². The Morgan fingerprint density at radius 1 is 1.00 bits per heavy atom. The lowest BCUT2D eigenvalue weighted by atomic mass is 9.84. The van der Waals surface area contributed by atoms with Crippen molar-refractivity contribution in [2.75, 3.05) is 19.1 Å². The first-order valence-corrected chi connectivity index (χ1v) is 10.1. The second-order valence-electron chi connectivity index (χ2n) is 7.15. The standard InChI is InChI=1S/C19H15Cl4NO5/c1-8(25)9-5-4-6-10(7-9)24-15(26)11-12(16(24)27)18(23)14(21)13(20)17(11,22)19(18,28-2)29-3/h4-7,11-12H,1-3H3/t11-,12+,17-,18-/m0/s1. The Hall–Kier alpha value is -1.15. The molecule has 10 heteroatoms. The number of Topliss-reactive ketones (excluding diaryl/α,β-unsaturated/α-hetero) is 1. The summed E-state index contributed by atoms with van der Waals surface area (Å²) in [5, 5.41) is -0.192. The molecule has 2 aliphatic carbocycles. The lowest BCUT2D eigenvalue weighted by molar-refractivity contribution is -0.221. The number of alkyl halides is 2. The summed E-state index contributed by atoms with van der Waals surface area (Å²) in [6.45, 7) is 1.39. The highest BCUT2D eigenvalue weighted by molar-refractivity contribution is 6.54. The van der Waals surface area contributed by atoms with Crippen LogP contribution in [0, 0.1) is 11.8 Å². The molecule has 1 saturated heterocycles. The van der Waals surface area contributed by atoms with Crippen LogP contribution in [0.4, 0.5) is 5.69 Å². The van der Waals surface area contributed by atoms with Crippen molar-refractivity contribution in [1.29, 1.82) is 0 Å². The van der Waals surface area contributed by atoms with E-state index in [0.717, 1.165) is 4.90 Å². The zero-order chi connectivity index (χ0) is 21.5. The van der Waals surface area contributed by atoms with Crippen LogP contribution in [0.15, 0.2) is 34.3 Å². The van der Waals surface area contributed by atoms with Crippen LogP contribution in [0.2, 0.25) is 0 Å². The Labute approximate surface area is 186 Å². The molecule has 29 heavy (non-hydrogen) atoms. The smallest absolute Gasteiger partial charge is 0.240 e. The molecule has 0 spiro atoms. The first kappa shape index (κ1) is 21.1. The van der Waals surface area contributed by atoms with Crippen LogP contribution in [0.3, 0.4) is 0 Å². The molecular formula is C19H15Cl4NO5. The Morgan fingerprint density at radius 2 is 1.48 bits per heavy atom. The third-order valence-electron chi connectivity index (χ3n) is 6.04. The lowest BCUT2D eigenvalue weighted by Crippen LogP contribution is -2.60. The van der Waals surface area contributed by atoms with Gasteiger partial charge in [-0.2, -0.15) is 0 Å². The SMILES string of the molecule is COC1(OC)[C@@]2(Cl)C(Cl)=C(Cl)[C@@]1(Cl)[C@H]1C(=O)N(c3cccc(C(C)=O)c3)C(=O)[C@H]12. The molecule has 1 saturated carbocycles. The normalized spacial score (nSPS) is 34.9. The van der Waals surface area contributed by atoms with Crippen molar-refractivity contribution < 1.29 is 23.9 Å². The fourth-order valence-electron chi connectivity index (χ4n) is 4.82. The zero-order valence-corrected chi connectivity index (χ0v) is 18.5. The van der Waals surface area contributed by atoms with Gasteiger partial charge in [-0.1, -0.05) is 35.3 Å². The molecule has 154 valence electrons. The van der Waals surface area contributed by atoms with Crippen molar-refractivity contribution >= 4 is 69.7 Å². The summed E-state index contributed by atoms with van der Waals surface area (Å²) in [5.74, 6) is -5.64. The molecular weight excluding hydrogens is 464 g/mol. The van der Waals surface area contributed by atoms with Crippen molar-refractivity contribution in [3.8, 4) is 0 Å². The predicted molar refractivity (Wildman–Crippen MR) is 109 cm³/mol. The van der Waals surface area contributed by atoms with Gasteiger partial charge in [-0.05, 0) is 19.1 Å².